The van der Waals surface area contributed by atoms with Gasteiger partial charge in [0, 0.05) is 6.61 Å². The number of ether oxygens (including phenoxy) is 4. The molecule has 0 unspecified atom stereocenters. The van der Waals surface area contributed by atoms with Crippen LogP contribution in [0.5, 0.6) is 0 Å². The van der Waals surface area contributed by atoms with Crippen molar-refractivity contribution < 1.29 is 18.9 Å². The Labute approximate surface area is 140 Å². The van der Waals surface area contributed by atoms with Gasteiger partial charge < -0.3 is 18.9 Å². The van der Waals surface area contributed by atoms with Gasteiger partial charge >= 0.3 is 0 Å². The predicted octanol–water partition coefficient (Wildman–Crippen LogP) is 3.91. The summed E-state index contributed by atoms with van der Waals surface area (Å²) in [6, 6.07) is 10.2. The Kier molecular flexibility index (Phi) is 12.2. The van der Waals surface area contributed by atoms with Gasteiger partial charge in [-0.15, -0.1) is 0 Å². The van der Waals surface area contributed by atoms with Crippen LogP contribution in [-0.4, -0.2) is 46.2 Å². The van der Waals surface area contributed by atoms with Crippen molar-refractivity contribution in [1.29, 1.82) is 0 Å². The van der Waals surface area contributed by atoms with E-state index < -0.39 is 0 Å². The summed E-state index contributed by atoms with van der Waals surface area (Å²) in [5.74, 6) is 0. The molecule has 0 aliphatic rings. The van der Waals surface area contributed by atoms with E-state index in [0.29, 0.717) is 39.6 Å². The van der Waals surface area contributed by atoms with Crippen LogP contribution in [0.4, 0.5) is 0 Å². The molecule has 0 aliphatic heterocycles. The first-order valence-corrected chi connectivity index (χ1v) is 8.41. The highest BCUT2D eigenvalue weighted by Gasteiger charge is 1.94. The summed E-state index contributed by atoms with van der Waals surface area (Å²) in [7, 11) is 0. The van der Waals surface area contributed by atoms with Crippen molar-refractivity contribution >= 4 is 5.57 Å². The number of rotatable bonds is 14. The zero-order valence-electron chi connectivity index (χ0n) is 14.5. The van der Waals surface area contributed by atoms with E-state index in [1.54, 1.807) is 6.26 Å². The van der Waals surface area contributed by atoms with Gasteiger partial charge in [-0.2, -0.15) is 0 Å². The van der Waals surface area contributed by atoms with Crippen molar-refractivity contribution in [2.24, 2.45) is 0 Å². The second kappa shape index (κ2) is 14.2. The second-order valence-corrected chi connectivity index (χ2v) is 5.23. The largest absolute Gasteiger partial charge is 0.498 e. The summed E-state index contributed by atoms with van der Waals surface area (Å²) in [5.41, 5.74) is 2.28. The van der Waals surface area contributed by atoms with Gasteiger partial charge in [0.05, 0.1) is 39.3 Å². The normalized spacial score (nSPS) is 11.7. The maximum Gasteiger partial charge on any atom is 0.111 e. The average molecular weight is 322 g/mol. The van der Waals surface area contributed by atoms with Crippen LogP contribution in [0.15, 0.2) is 36.6 Å². The SMILES string of the molecule is CCCCOCCOCCOCCO/C=C(/C)c1ccccc1. The van der Waals surface area contributed by atoms with E-state index in [1.807, 2.05) is 25.1 Å². The predicted molar refractivity (Wildman–Crippen MR) is 93.4 cm³/mol. The van der Waals surface area contributed by atoms with Gasteiger partial charge in [0.1, 0.15) is 6.61 Å². The molecule has 0 fully saturated rings. The Morgan fingerprint density at radius 3 is 2.00 bits per heavy atom. The lowest BCUT2D eigenvalue weighted by molar-refractivity contribution is 0.00624. The first-order chi connectivity index (χ1) is 11.3. The second-order valence-electron chi connectivity index (χ2n) is 5.23. The summed E-state index contributed by atoms with van der Waals surface area (Å²) in [6.45, 7) is 8.58. The number of unbranched alkanes of at least 4 members (excludes halogenated alkanes) is 1. The number of hydrogen-bond acceptors (Lipinski definition) is 4. The summed E-state index contributed by atoms with van der Waals surface area (Å²) < 4.78 is 21.7. The maximum absolute atomic E-state index is 5.48. The first kappa shape index (κ1) is 19.7. The molecule has 0 atom stereocenters. The van der Waals surface area contributed by atoms with E-state index in [-0.39, 0.29) is 0 Å². The van der Waals surface area contributed by atoms with Gasteiger partial charge in [0.15, 0.2) is 0 Å². The summed E-state index contributed by atoms with van der Waals surface area (Å²) in [6.07, 6.45) is 4.06. The molecule has 1 aromatic rings. The highest BCUT2D eigenvalue weighted by atomic mass is 16.6. The van der Waals surface area contributed by atoms with E-state index in [2.05, 4.69) is 19.1 Å². The molecule has 130 valence electrons. The molecule has 4 heteroatoms. The van der Waals surface area contributed by atoms with Crippen molar-refractivity contribution in [1.82, 2.24) is 0 Å². The van der Waals surface area contributed by atoms with Crippen LogP contribution in [0.2, 0.25) is 0 Å². The maximum atomic E-state index is 5.48. The molecule has 1 rings (SSSR count). The number of benzene rings is 1. The minimum atomic E-state index is 0.546. The van der Waals surface area contributed by atoms with E-state index in [4.69, 9.17) is 18.9 Å². The van der Waals surface area contributed by atoms with Crippen LogP contribution in [0, 0.1) is 0 Å². The lowest BCUT2D eigenvalue weighted by atomic mass is 10.1. The lowest BCUT2D eigenvalue weighted by Gasteiger charge is -2.07. The van der Waals surface area contributed by atoms with Crippen LogP contribution in [0.3, 0.4) is 0 Å². The molecular weight excluding hydrogens is 292 g/mol. The molecule has 0 saturated heterocycles. The third kappa shape index (κ3) is 10.9. The Balaban J connectivity index is 1.88. The van der Waals surface area contributed by atoms with E-state index >= 15 is 0 Å². The fourth-order valence-electron chi connectivity index (χ4n) is 1.85. The molecular formula is C19H30O4. The van der Waals surface area contributed by atoms with E-state index in [0.717, 1.165) is 25.0 Å². The van der Waals surface area contributed by atoms with Crippen LogP contribution in [-0.2, 0) is 18.9 Å². The summed E-state index contributed by atoms with van der Waals surface area (Å²) in [4.78, 5) is 0. The summed E-state index contributed by atoms with van der Waals surface area (Å²) in [5, 5.41) is 0. The minimum Gasteiger partial charge on any atom is -0.498 e. The highest BCUT2D eigenvalue weighted by Crippen LogP contribution is 2.12. The molecule has 0 saturated carbocycles. The van der Waals surface area contributed by atoms with Gasteiger partial charge in [-0.05, 0) is 24.5 Å². The topological polar surface area (TPSA) is 36.9 Å². The zero-order chi connectivity index (χ0) is 16.6. The first-order valence-electron chi connectivity index (χ1n) is 8.41. The van der Waals surface area contributed by atoms with Crippen molar-refractivity contribution in [2.75, 3.05) is 46.2 Å². The molecule has 0 aromatic heterocycles. The molecule has 23 heavy (non-hydrogen) atoms. The van der Waals surface area contributed by atoms with Gasteiger partial charge in [-0.1, -0.05) is 43.7 Å². The van der Waals surface area contributed by atoms with Crippen LogP contribution in [0.1, 0.15) is 32.3 Å². The third-order valence-electron chi connectivity index (χ3n) is 3.22. The van der Waals surface area contributed by atoms with E-state index in [1.165, 1.54) is 5.56 Å². The Hall–Kier alpha value is -1.36. The van der Waals surface area contributed by atoms with Crippen molar-refractivity contribution in [2.45, 2.75) is 26.7 Å². The summed E-state index contributed by atoms with van der Waals surface area (Å²) >= 11 is 0. The van der Waals surface area contributed by atoms with Gasteiger partial charge in [0.25, 0.3) is 0 Å². The minimum absolute atomic E-state index is 0.546. The van der Waals surface area contributed by atoms with Crippen LogP contribution < -0.4 is 0 Å². The van der Waals surface area contributed by atoms with E-state index in [9.17, 15) is 0 Å². The molecule has 0 bridgehead atoms. The molecule has 0 spiro atoms. The molecule has 4 nitrogen and oxygen atoms in total. The van der Waals surface area contributed by atoms with Gasteiger partial charge in [-0.3, -0.25) is 0 Å². The molecule has 1 aromatic carbocycles. The smallest absolute Gasteiger partial charge is 0.111 e. The fourth-order valence-corrected chi connectivity index (χ4v) is 1.85. The van der Waals surface area contributed by atoms with Gasteiger partial charge in [0.2, 0.25) is 0 Å². The highest BCUT2D eigenvalue weighted by molar-refractivity contribution is 5.62. The zero-order valence-corrected chi connectivity index (χ0v) is 14.5. The molecule has 0 aliphatic carbocycles. The van der Waals surface area contributed by atoms with Crippen molar-refractivity contribution in [3.8, 4) is 0 Å². The standard InChI is InChI=1S/C19H30O4/c1-3-4-10-20-11-12-21-13-14-22-15-16-23-17-18(2)19-8-6-5-7-9-19/h5-9,17H,3-4,10-16H2,1-2H3/b18-17-. The molecule has 0 amide bonds. The van der Waals surface area contributed by atoms with Crippen molar-refractivity contribution in [3.05, 3.63) is 42.2 Å². The van der Waals surface area contributed by atoms with Crippen LogP contribution in [0.25, 0.3) is 5.57 Å². The number of hydrogen-bond donors (Lipinski definition) is 0. The Bertz CT molecular complexity index is 403. The lowest BCUT2D eigenvalue weighted by Crippen LogP contribution is -2.11. The molecule has 0 radical (unpaired) electrons. The monoisotopic (exact) mass is 322 g/mol. The Morgan fingerprint density at radius 2 is 1.39 bits per heavy atom. The van der Waals surface area contributed by atoms with Gasteiger partial charge in [-0.25, -0.2) is 0 Å². The fraction of sp³-hybridized carbons (Fsp3) is 0.579. The Morgan fingerprint density at radius 1 is 0.826 bits per heavy atom. The quantitative estimate of drug-likeness (QED) is 0.384. The average Bonchev–Trinajstić information content (AvgIpc) is 2.59. The molecule has 0 heterocycles. The molecule has 0 N–H and O–H groups in total. The van der Waals surface area contributed by atoms with Crippen molar-refractivity contribution in [3.63, 3.8) is 0 Å². The third-order valence-corrected chi connectivity index (χ3v) is 3.22. The number of allylic oxidation sites excluding steroid dienone is 1. The van der Waals surface area contributed by atoms with Crippen LogP contribution >= 0.6 is 0 Å².